The molecule has 0 atom stereocenters. The van der Waals surface area contributed by atoms with Gasteiger partial charge >= 0.3 is 12.0 Å². The third kappa shape index (κ3) is 5.58. The van der Waals surface area contributed by atoms with E-state index in [1.807, 2.05) is 0 Å². The molecule has 1 rings (SSSR count). The molecule has 0 unspecified atom stereocenters. The third-order valence-electron chi connectivity index (χ3n) is 3.55. The standard InChI is InChI=1S/C13H24N2O4S/c1-20-9-3-2-6-14-12(18)15-10-13(11(16)17)4-7-19-8-5-13/h2-10H2,1H3,(H,16,17)(H2,14,15,18). The van der Waals surface area contributed by atoms with E-state index in [9.17, 15) is 14.7 Å². The minimum absolute atomic E-state index is 0.155. The number of carboxylic acids is 1. The molecule has 2 amide bonds. The first kappa shape index (κ1) is 17.1. The highest BCUT2D eigenvalue weighted by molar-refractivity contribution is 7.98. The first-order valence-corrected chi connectivity index (χ1v) is 8.32. The Bertz CT molecular complexity index is 319. The molecular weight excluding hydrogens is 280 g/mol. The van der Waals surface area contributed by atoms with Crippen LogP contribution in [-0.2, 0) is 9.53 Å². The van der Waals surface area contributed by atoms with Crippen molar-refractivity contribution in [1.29, 1.82) is 0 Å². The zero-order valence-electron chi connectivity index (χ0n) is 11.9. The van der Waals surface area contributed by atoms with Crippen LogP contribution < -0.4 is 10.6 Å². The molecule has 0 saturated carbocycles. The Morgan fingerprint density at radius 3 is 2.55 bits per heavy atom. The molecule has 0 bridgehead atoms. The fourth-order valence-corrected chi connectivity index (χ4v) is 2.61. The highest BCUT2D eigenvalue weighted by atomic mass is 32.2. The van der Waals surface area contributed by atoms with Gasteiger partial charge in [0, 0.05) is 26.3 Å². The molecule has 1 saturated heterocycles. The van der Waals surface area contributed by atoms with Crippen molar-refractivity contribution in [3.8, 4) is 0 Å². The smallest absolute Gasteiger partial charge is 0.314 e. The maximum atomic E-state index is 11.6. The minimum Gasteiger partial charge on any atom is -0.481 e. The molecule has 1 fully saturated rings. The number of hydrogen-bond acceptors (Lipinski definition) is 4. The molecular formula is C13H24N2O4S. The number of unbranched alkanes of at least 4 members (excludes halogenated alkanes) is 1. The maximum absolute atomic E-state index is 11.6. The molecule has 3 N–H and O–H groups in total. The lowest BCUT2D eigenvalue weighted by molar-refractivity contribution is -0.154. The summed E-state index contributed by atoms with van der Waals surface area (Å²) in [6.45, 7) is 1.65. The predicted molar refractivity (Wildman–Crippen MR) is 79.1 cm³/mol. The summed E-state index contributed by atoms with van der Waals surface area (Å²) in [7, 11) is 0. The summed E-state index contributed by atoms with van der Waals surface area (Å²) < 4.78 is 5.19. The quantitative estimate of drug-likeness (QED) is 0.589. The largest absolute Gasteiger partial charge is 0.481 e. The SMILES string of the molecule is CSCCCCNC(=O)NCC1(C(=O)O)CCOCC1. The van der Waals surface area contributed by atoms with E-state index in [-0.39, 0.29) is 12.6 Å². The molecule has 0 aliphatic carbocycles. The average molecular weight is 304 g/mol. The Morgan fingerprint density at radius 1 is 1.25 bits per heavy atom. The number of hydrogen-bond donors (Lipinski definition) is 3. The molecule has 0 spiro atoms. The number of carbonyl (C=O) groups is 2. The molecule has 6 nitrogen and oxygen atoms in total. The van der Waals surface area contributed by atoms with Crippen LogP contribution >= 0.6 is 11.8 Å². The van der Waals surface area contributed by atoms with E-state index < -0.39 is 11.4 Å². The van der Waals surface area contributed by atoms with E-state index in [0.717, 1.165) is 18.6 Å². The number of ether oxygens (including phenoxy) is 1. The normalized spacial score (nSPS) is 17.4. The number of thioether (sulfide) groups is 1. The number of carboxylic acid groups (broad SMARTS) is 1. The minimum atomic E-state index is -0.881. The molecule has 0 aromatic heterocycles. The lowest BCUT2D eigenvalue weighted by Crippen LogP contribution is -2.48. The van der Waals surface area contributed by atoms with Crippen LogP contribution in [0.3, 0.4) is 0 Å². The van der Waals surface area contributed by atoms with Crippen LogP contribution in [0.2, 0.25) is 0 Å². The molecule has 20 heavy (non-hydrogen) atoms. The summed E-state index contributed by atoms with van der Waals surface area (Å²) in [6.07, 6.45) is 4.94. The lowest BCUT2D eigenvalue weighted by atomic mass is 9.80. The highest BCUT2D eigenvalue weighted by Gasteiger charge is 2.40. The van der Waals surface area contributed by atoms with Crippen LogP contribution in [0.1, 0.15) is 25.7 Å². The van der Waals surface area contributed by atoms with Gasteiger partial charge < -0.3 is 20.5 Å². The number of carbonyl (C=O) groups excluding carboxylic acids is 1. The number of rotatable bonds is 8. The topological polar surface area (TPSA) is 87.7 Å². The fraction of sp³-hybridized carbons (Fsp3) is 0.846. The van der Waals surface area contributed by atoms with Gasteiger partial charge in [-0.25, -0.2) is 4.79 Å². The zero-order valence-corrected chi connectivity index (χ0v) is 12.8. The molecule has 116 valence electrons. The van der Waals surface area contributed by atoms with Crippen molar-refractivity contribution in [1.82, 2.24) is 10.6 Å². The van der Waals surface area contributed by atoms with Gasteiger partial charge in [0.05, 0.1) is 5.41 Å². The average Bonchev–Trinajstić information content (AvgIpc) is 2.46. The van der Waals surface area contributed by atoms with Crippen LogP contribution in [-0.4, -0.2) is 55.4 Å². The molecule has 1 aliphatic rings. The summed E-state index contributed by atoms with van der Waals surface area (Å²) >= 11 is 1.79. The van der Waals surface area contributed by atoms with Gasteiger partial charge in [0.1, 0.15) is 0 Å². The van der Waals surface area contributed by atoms with Crippen molar-refractivity contribution in [3.05, 3.63) is 0 Å². The van der Waals surface area contributed by atoms with Crippen LogP contribution in [0.15, 0.2) is 0 Å². The number of nitrogens with one attached hydrogen (secondary N) is 2. The van der Waals surface area contributed by atoms with E-state index in [0.29, 0.717) is 32.6 Å². The van der Waals surface area contributed by atoms with Gasteiger partial charge in [-0.15, -0.1) is 0 Å². The Labute approximate surface area is 124 Å². The highest BCUT2D eigenvalue weighted by Crippen LogP contribution is 2.29. The van der Waals surface area contributed by atoms with Crippen molar-refractivity contribution in [2.24, 2.45) is 5.41 Å². The maximum Gasteiger partial charge on any atom is 0.314 e. The molecule has 1 heterocycles. The van der Waals surface area contributed by atoms with Crippen molar-refractivity contribution >= 4 is 23.8 Å². The van der Waals surface area contributed by atoms with Crippen molar-refractivity contribution in [3.63, 3.8) is 0 Å². The second kappa shape index (κ2) is 9.07. The van der Waals surface area contributed by atoms with Gasteiger partial charge in [0.2, 0.25) is 0 Å². The Morgan fingerprint density at radius 2 is 1.95 bits per heavy atom. The van der Waals surface area contributed by atoms with Gasteiger partial charge in [-0.1, -0.05) is 0 Å². The number of amides is 2. The Hall–Kier alpha value is -0.950. The first-order chi connectivity index (χ1) is 9.60. The molecule has 7 heteroatoms. The van der Waals surface area contributed by atoms with Crippen LogP contribution in [0.4, 0.5) is 4.79 Å². The summed E-state index contributed by atoms with van der Waals surface area (Å²) in [4.78, 5) is 23.0. The number of aliphatic carboxylic acids is 1. The van der Waals surface area contributed by atoms with Crippen LogP contribution in [0.5, 0.6) is 0 Å². The predicted octanol–water partition coefficient (Wildman–Crippen LogP) is 1.31. The molecule has 1 aliphatic heterocycles. The van der Waals surface area contributed by atoms with Crippen molar-refractivity contribution in [2.45, 2.75) is 25.7 Å². The van der Waals surface area contributed by atoms with Crippen molar-refractivity contribution in [2.75, 3.05) is 38.3 Å². The summed E-state index contributed by atoms with van der Waals surface area (Å²) in [6, 6.07) is -0.290. The summed E-state index contributed by atoms with van der Waals surface area (Å²) in [5.74, 6) is 0.229. The lowest BCUT2D eigenvalue weighted by Gasteiger charge is -2.33. The summed E-state index contributed by atoms with van der Waals surface area (Å²) in [5.41, 5.74) is -0.881. The Balaban J connectivity index is 2.25. The van der Waals surface area contributed by atoms with Crippen molar-refractivity contribution < 1.29 is 19.4 Å². The van der Waals surface area contributed by atoms with Gasteiger partial charge in [-0.05, 0) is 37.7 Å². The van der Waals surface area contributed by atoms with E-state index in [4.69, 9.17) is 4.74 Å². The summed E-state index contributed by atoms with van der Waals surface area (Å²) in [5, 5.41) is 14.8. The van der Waals surface area contributed by atoms with Crippen LogP contribution in [0, 0.1) is 5.41 Å². The van der Waals surface area contributed by atoms with Crippen LogP contribution in [0.25, 0.3) is 0 Å². The van der Waals surface area contributed by atoms with Gasteiger partial charge in [0.15, 0.2) is 0 Å². The van der Waals surface area contributed by atoms with E-state index in [1.54, 1.807) is 11.8 Å². The third-order valence-corrected chi connectivity index (χ3v) is 4.25. The van der Waals surface area contributed by atoms with Gasteiger partial charge in [-0.3, -0.25) is 4.79 Å². The molecule has 0 aromatic carbocycles. The van der Waals surface area contributed by atoms with E-state index in [2.05, 4.69) is 16.9 Å². The second-order valence-electron chi connectivity index (χ2n) is 5.01. The monoisotopic (exact) mass is 304 g/mol. The Kier molecular flexibility index (Phi) is 7.76. The van der Waals surface area contributed by atoms with E-state index >= 15 is 0 Å². The molecule has 0 aromatic rings. The fourth-order valence-electron chi connectivity index (χ4n) is 2.11. The van der Waals surface area contributed by atoms with Gasteiger partial charge in [0.25, 0.3) is 0 Å². The zero-order chi connectivity index (χ0) is 14.8. The van der Waals surface area contributed by atoms with Gasteiger partial charge in [-0.2, -0.15) is 11.8 Å². The first-order valence-electron chi connectivity index (χ1n) is 6.92. The molecule has 0 radical (unpaired) electrons. The van der Waals surface area contributed by atoms with E-state index in [1.165, 1.54) is 0 Å². The second-order valence-corrected chi connectivity index (χ2v) is 5.99. The number of urea groups is 1.